The van der Waals surface area contributed by atoms with Crippen LogP contribution in [0.2, 0.25) is 0 Å². The summed E-state index contributed by atoms with van der Waals surface area (Å²) in [5.41, 5.74) is 1.27. The first-order valence-electron chi connectivity index (χ1n) is 6.90. The number of aliphatic imine (C=N–C) groups is 1. The predicted molar refractivity (Wildman–Crippen MR) is 98.3 cm³/mol. The number of carbonyl (C=O) groups is 2. The normalized spacial score (nSPS) is 17.3. The first kappa shape index (κ1) is 16.5. The number of halogens is 1. The van der Waals surface area contributed by atoms with E-state index in [0.29, 0.717) is 15.8 Å². The standard InChI is InChI=1S/C17H11BrN2O3S/c18-11-5-3-4-10(8-11)9-14-15(21)20-17(24-14)19-13-7-2-1-6-12(13)16(22)23/h1-9H,(H,22,23)(H,19,20,21)/b14-9-. The minimum atomic E-state index is -1.06. The van der Waals surface area contributed by atoms with Crippen molar-refractivity contribution >= 4 is 56.5 Å². The maximum atomic E-state index is 12.1. The smallest absolute Gasteiger partial charge is 0.337 e. The number of benzene rings is 2. The monoisotopic (exact) mass is 402 g/mol. The van der Waals surface area contributed by atoms with Gasteiger partial charge in [-0.25, -0.2) is 9.79 Å². The molecule has 7 heteroatoms. The number of carboxylic acid groups (broad SMARTS) is 1. The summed E-state index contributed by atoms with van der Waals surface area (Å²) < 4.78 is 0.921. The minimum Gasteiger partial charge on any atom is -0.478 e. The molecule has 0 unspecified atom stereocenters. The fraction of sp³-hybridized carbons (Fsp3) is 0. The van der Waals surface area contributed by atoms with E-state index in [2.05, 4.69) is 26.2 Å². The molecule has 0 bridgehead atoms. The molecule has 2 aromatic carbocycles. The molecule has 1 aliphatic heterocycles. The fourth-order valence-corrected chi connectivity index (χ4v) is 3.34. The number of aromatic carboxylic acids is 1. The van der Waals surface area contributed by atoms with Gasteiger partial charge in [0.05, 0.1) is 16.2 Å². The SMILES string of the molecule is O=C1NC(=Nc2ccccc2C(=O)O)S/C1=C\c1cccc(Br)c1. The van der Waals surface area contributed by atoms with E-state index in [-0.39, 0.29) is 11.5 Å². The molecule has 2 aromatic rings. The highest BCUT2D eigenvalue weighted by Crippen LogP contribution is 2.29. The predicted octanol–water partition coefficient (Wildman–Crippen LogP) is 4.04. The number of hydrogen-bond acceptors (Lipinski definition) is 4. The van der Waals surface area contributed by atoms with E-state index >= 15 is 0 Å². The molecule has 1 fully saturated rings. The van der Waals surface area contributed by atoms with Crippen LogP contribution in [0.15, 0.2) is 62.9 Å². The second-order valence-electron chi connectivity index (χ2n) is 4.86. The van der Waals surface area contributed by atoms with Crippen LogP contribution in [0.5, 0.6) is 0 Å². The Kier molecular flexibility index (Phi) is 4.82. The second kappa shape index (κ2) is 7.02. The summed E-state index contributed by atoms with van der Waals surface area (Å²) in [6.45, 7) is 0. The molecule has 0 aromatic heterocycles. The molecule has 24 heavy (non-hydrogen) atoms. The molecule has 0 aliphatic carbocycles. The van der Waals surface area contributed by atoms with Crippen molar-refractivity contribution in [2.45, 2.75) is 0 Å². The van der Waals surface area contributed by atoms with Crippen molar-refractivity contribution in [3.8, 4) is 0 Å². The maximum absolute atomic E-state index is 12.1. The van der Waals surface area contributed by atoms with Crippen molar-refractivity contribution in [3.63, 3.8) is 0 Å². The third-order valence-electron chi connectivity index (χ3n) is 3.15. The van der Waals surface area contributed by atoms with Gasteiger partial charge in [-0.3, -0.25) is 4.79 Å². The summed E-state index contributed by atoms with van der Waals surface area (Å²) in [5, 5.41) is 12.2. The third kappa shape index (κ3) is 3.74. The summed E-state index contributed by atoms with van der Waals surface area (Å²) in [6.07, 6.45) is 1.76. The number of amidine groups is 1. The van der Waals surface area contributed by atoms with Crippen LogP contribution in [0.4, 0.5) is 5.69 Å². The molecule has 5 nitrogen and oxygen atoms in total. The van der Waals surface area contributed by atoms with E-state index in [1.54, 1.807) is 24.3 Å². The Hall–Kier alpha value is -2.38. The first-order chi connectivity index (χ1) is 11.5. The van der Waals surface area contributed by atoms with E-state index in [1.165, 1.54) is 17.8 Å². The van der Waals surface area contributed by atoms with Crippen molar-refractivity contribution < 1.29 is 14.7 Å². The molecule has 3 rings (SSSR count). The number of hydrogen-bond donors (Lipinski definition) is 2. The third-order valence-corrected chi connectivity index (χ3v) is 4.56. The zero-order chi connectivity index (χ0) is 17.1. The lowest BCUT2D eigenvalue weighted by atomic mass is 10.2. The number of rotatable bonds is 3. The van der Waals surface area contributed by atoms with Gasteiger partial charge >= 0.3 is 5.97 Å². The Morgan fingerprint density at radius 3 is 2.75 bits per heavy atom. The minimum absolute atomic E-state index is 0.0873. The average Bonchev–Trinajstić information content (AvgIpc) is 2.87. The number of para-hydroxylation sites is 1. The number of carbonyl (C=O) groups excluding carboxylic acids is 1. The van der Waals surface area contributed by atoms with Crippen molar-refractivity contribution in [1.29, 1.82) is 0 Å². The van der Waals surface area contributed by atoms with E-state index in [0.717, 1.165) is 10.0 Å². The summed E-state index contributed by atoms with van der Waals surface area (Å²) in [6, 6.07) is 14.0. The Morgan fingerprint density at radius 1 is 1.21 bits per heavy atom. The lowest BCUT2D eigenvalue weighted by Crippen LogP contribution is -2.19. The van der Waals surface area contributed by atoms with E-state index in [9.17, 15) is 14.7 Å². The Labute approximate surface area is 150 Å². The van der Waals surface area contributed by atoms with Gasteiger partial charge in [-0.15, -0.1) is 0 Å². The molecule has 1 aliphatic rings. The first-order valence-corrected chi connectivity index (χ1v) is 8.51. The van der Waals surface area contributed by atoms with Gasteiger partial charge < -0.3 is 10.4 Å². The summed E-state index contributed by atoms with van der Waals surface area (Å²) in [4.78, 5) is 28.0. The summed E-state index contributed by atoms with van der Waals surface area (Å²) >= 11 is 4.57. The van der Waals surface area contributed by atoms with Crippen LogP contribution in [-0.2, 0) is 4.79 Å². The zero-order valence-electron chi connectivity index (χ0n) is 12.2. The van der Waals surface area contributed by atoms with Gasteiger partial charge in [-0.2, -0.15) is 0 Å². The van der Waals surface area contributed by atoms with Crippen LogP contribution < -0.4 is 5.32 Å². The molecule has 1 saturated heterocycles. The van der Waals surface area contributed by atoms with Crippen LogP contribution in [0.3, 0.4) is 0 Å². The number of thioether (sulfide) groups is 1. The van der Waals surface area contributed by atoms with Gasteiger partial charge in [0.15, 0.2) is 5.17 Å². The Balaban J connectivity index is 1.89. The molecule has 0 saturated carbocycles. The topological polar surface area (TPSA) is 78.8 Å². The van der Waals surface area contributed by atoms with Crippen molar-refractivity contribution in [3.05, 3.63) is 69.0 Å². The van der Waals surface area contributed by atoms with Gasteiger partial charge in [-0.05, 0) is 47.7 Å². The molecule has 1 amide bonds. The van der Waals surface area contributed by atoms with Gasteiger partial charge in [0.25, 0.3) is 5.91 Å². The molecule has 2 N–H and O–H groups in total. The van der Waals surface area contributed by atoms with Gasteiger partial charge in [0.2, 0.25) is 0 Å². The van der Waals surface area contributed by atoms with Crippen LogP contribution in [0.1, 0.15) is 15.9 Å². The highest BCUT2D eigenvalue weighted by atomic mass is 79.9. The molecule has 0 spiro atoms. The zero-order valence-corrected chi connectivity index (χ0v) is 14.6. The molecular formula is C17H11BrN2O3S. The van der Waals surface area contributed by atoms with Crippen LogP contribution in [-0.4, -0.2) is 22.2 Å². The van der Waals surface area contributed by atoms with Gasteiger partial charge in [-0.1, -0.05) is 40.2 Å². The lowest BCUT2D eigenvalue weighted by Gasteiger charge is -2.00. The maximum Gasteiger partial charge on any atom is 0.337 e. The summed E-state index contributed by atoms with van der Waals surface area (Å²) in [5.74, 6) is -1.32. The molecule has 120 valence electrons. The number of amides is 1. The van der Waals surface area contributed by atoms with Crippen molar-refractivity contribution in [2.75, 3.05) is 0 Å². The van der Waals surface area contributed by atoms with Crippen LogP contribution in [0.25, 0.3) is 6.08 Å². The second-order valence-corrected chi connectivity index (χ2v) is 6.81. The fourth-order valence-electron chi connectivity index (χ4n) is 2.09. The van der Waals surface area contributed by atoms with Crippen LogP contribution in [0, 0.1) is 0 Å². The molecule has 1 heterocycles. The Bertz CT molecular complexity index is 893. The van der Waals surface area contributed by atoms with Gasteiger partial charge in [0, 0.05) is 4.47 Å². The number of carboxylic acids is 1. The van der Waals surface area contributed by atoms with Crippen LogP contribution >= 0.6 is 27.7 Å². The van der Waals surface area contributed by atoms with Gasteiger partial charge in [0.1, 0.15) is 0 Å². The highest BCUT2D eigenvalue weighted by Gasteiger charge is 2.24. The van der Waals surface area contributed by atoms with E-state index in [1.807, 2.05) is 24.3 Å². The van der Waals surface area contributed by atoms with E-state index in [4.69, 9.17) is 0 Å². The van der Waals surface area contributed by atoms with E-state index < -0.39 is 5.97 Å². The quantitative estimate of drug-likeness (QED) is 0.759. The lowest BCUT2D eigenvalue weighted by molar-refractivity contribution is -0.115. The highest BCUT2D eigenvalue weighted by molar-refractivity contribution is 9.10. The average molecular weight is 403 g/mol. The van der Waals surface area contributed by atoms with Crippen molar-refractivity contribution in [1.82, 2.24) is 5.32 Å². The number of nitrogens with zero attached hydrogens (tertiary/aromatic N) is 1. The largest absolute Gasteiger partial charge is 0.478 e. The number of nitrogens with one attached hydrogen (secondary N) is 1. The summed E-state index contributed by atoms with van der Waals surface area (Å²) in [7, 11) is 0. The van der Waals surface area contributed by atoms with Crippen molar-refractivity contribution in [2.24, 2.45) is 4.99 Å². The molecule has 0 atom stereocenters. The molecular weight excluding hydrogens is 392 g/mol. The molecule has 0 radical (unpaired) electrons. The Morgan fingerprint density at radius 2 is 2.00 bits per heavy atom.